The van der Waals surface area contributed by atoms with Gasteiger partial charge in [-0.05, 0) is 48.0 Å². The Labute approximate surface area is 304 Å². The number of hydrogen-bond donors (Lipinski definition) is 4. The molecule has 5 amide bonds. The molecule has 1 atom stereocenters. The Morgan fingerprint density at radius 2 is 1.51 bits per heavy atom. The highest BCUT2D eigenvalue weighted by atomic mass is 32.2. The first kappa shape index (κ1) is 38.9. The van der Waals surface area contributed by atoms with E-state index in [1.807, 2.05) is 0 Å². The largest absolute Gasteiger partial charge is 0.497 e. The molecule has 2 aliphatic heterocycles. The highest BCUT2D eigenvalue weighted by Gasteiger charge is 2.42. The van der Waals surface area contributed by atoms with Gasteiger partial charge in [-0.2, -0.15) is 4.31 Å². The maximum atomic E-state index is 13.9. The maximum Gasteiger partial charge on any atom is 0.262 e. The Kier molecular flexibility index (Phi) is 12.8. The fourth-order valence-corrected chi connectivity index (χ4v) is 7.55. The molecule has 4 N–H and O–H groups in total. The van der Waals surface area contributed by atoms with Gasteiger partial charge in [0.2, 0.25) is 21.8 Å². The lowest BCUT2D eigenvalue weighted by molar-refractivity contribution is -0.138. The molecule has 0 spiro atoms. The van der Waals surface area contributed by atoms with Gasteiger partial charge in [-0.25, -0.2) is 13.9 Å². The summed E-state index contributed by atoms with van der Waals surface area (Å²) in [4.78, 5) is 62.3. The average molecular weight is 757 g/mol. The third-order valence-electron chi connectivity index (χ3n) is 8.66. The molecule has 0 aliphatic carbocycles. The molecule has 18 nitrogen and oxygen atoms in total. The van der Waals surface area contributed by atoms with Crippen LogP contribution in [0.15, 0.2) is 59.5 Å². The number of benzene rings is 2. The third-order valence-corrected chi connectivity index (χ3v) is 10.5. The summed E-state index contributed by atoms with van der Waals surface area (Å²) in [6, 6.07) is 9.55. The van der Waals surface area contributed by atoms with Gasteiger partial charge in [-0.1, -0.05) is 0 Å². The van der Waals surface area contributed by atoms with E-state index in [1.165, 1.54) is 50.6 Å². The van der Waals surface area contributed by atoms with Crippen LogP contribution in [0, 0.1) is 0 Å². The van der Waals surface area contributed by atoms with Crippen molar-refractivity contribution in [2.45, 2.75) is 30.4 Å². The minimum atomic E-state index is -4.29. The van der Waals surface area contributed by atoms with Gasteiger partial charge in [0, 0.05) is 48.3 Å². The van der Waals surface area contributed by atoms with Gasteiger partial charge >= 0.3 is 0 Å². The minimum absolute atomic E-state index is 0.0857. The van der Waals surface area contributed by atoms with Gasteiger partial charge in [0.1, 0.15) is 30.7 Å². The van der Waals surface area contributed by atoms with Crippen LogP contribution < -0.4 is 25.6 Å². The Morgan fingerprint density at radius 3 is 2.17 bits per heavy atom. The van der Waals surface area contributed by atoms with Gasteiger partial charge < -0.3 is 34.1 Å². The molecule has 2 aromatic carbocycles. The van der Waals surface area contributed by atoms with Crippen molar-refractivity contribution in [1.29, 1.82) is 0 Å². The first-order valence-electron chi connectivity index (χ1n) is 16.5. The van der Waals surface area contributed by atoms with Crippen LogP contribution in [0.4, 0.5) is 0 Å². The lowest BCUT2D eigenvalue weighted by Gasteiger charge is -2.34. The van der Waals surface area contributed by atoms with Crippen LogP contribution in [0.25, 0.3) is 10.9 Å². The van der Waals surface area contributed by atoms with Gasteiger partial charge in [-0.3, -0.25) is 34.1 Å². The molecule has 19 heteroatoms. The summed E-state index contributed by atoms with van der Waals surface area (Å²) < 4.78 is 51.7. The van der Waals surface area contributed by atoms with Crippen LogP contribution in [0.3, 0.4) is 0 Å². The summed E-state index contributed by atoms with van der Waals surface area (Å²) in [5.74, 6) is -1.59. The molecule has 284 valence electrons. The smallest absolute Gasteiger partial charge is 0.262 e. The molecule has 53 heavy (non-hydrogen) atoms. The van der Waals surface area contributed by atoms with Crippen molar-refractivity contribution < 1.29 is 56.5 Å². The van der Waals surface area contributed by atoms with Crippen LogP contribution in [0.5, 0.6) is 11.5 Å². The number of carbonyl (C=O) groups is 5. The van der Waals surface area contributed by atoms with E-state index in [4.69, 9.17) is 18.9 Å². The number of carbonyl (C=O) groups excluding carboxylic acids is 5. The monoisotopic (exact) mass is 756 g/mol. The second-order valence-electron chi connectivity index (χ2n) is 11.8. The number of methoxy groups -OCH3 is 2. The van der Waals surface area contributed by atoms with Crippen molar-refractivity contribution in [3.8, 4) is 11.5 Å². The van der Waals surface area contributed by atoms with E-state index in [1.54, 1.807) is 28.2 Å². The topological polar surface area (TPSA) is 224 Å². The zero-order valence-electron chi connectivity index (χ0n) is 29.0. The average Bonchev–Trinajstić information content (AvgIpc) is 3.65. The molecule has 1 unspecified atom stereocenters. The second-order valence-corrected chi connectivity index (χ2v) is 13.7. The number of hydrogen-bond acceptors (Lipinski definition) is 12. The van der Waals surface area contributed by atoms with Crippen molar-refractivity contribution in [1.82, 2.24) is 29.9 Å². The van der Waals surface area contributed by atoms with E-state index in [0.717, 1.165) is 9.21 Å². The summed E-state index contributed by atoms with van der Waals surface area (Å²) >= 11 is 0. The third kappa shape index (κ3) is 9.00. The molecule has 1 aromatic heterocycles. The Balaban J connectivity index is 1.18. The fraction of sp³-hybridized carbons (Fsp3) is 0.382. The number of ether oxygens (including phenoxy) is 4. The quantitative estimate of drug-likeness (QED) is 0.0557. The lowest BCUT2D eigenvalue weighted by atomic mass is 9.98. The molecule has 0 radical (unpaired) electrons. The Hall–Kier alpha value is -5.34. The van der Waals surface area contributed by atoms with Crippen molar-refractivity contribution in [3.05, 3.63) is 65.9 Å². The van der Waals surface area contributed by atoms with Gasteiger partial charge in [0.15, 0.2) is 0 Å². The van der Waals surface area contributed by atoms with Crippen LogP contribution in [-0.4, -0.2) is 123 Å². The number of nitrogens with one attached hydrogen (secondary N) is 3. The summed E-state index contributed by atoms with van der Waals surface area (Å²) in [6.45, 7) is -0.0575. The molecule has 2 aliphatic rings. The van der Waals surface area contributed by atoms with Gasteiger partial charge in [0.25, 0.3) is 17.7 Å². The van der Waals surface area contributed by atoms with E-state index in [-0.39, 0.29) is 70.5 Å². The highest BCUT2D eigenvalue weighted by molar-refractivity contribution is 7.89. The number of rotatable bonds is 18. The molecule has 0 bridgehead atoms. The van der Waals surface area contributed by atoms with Crippen LogP contribution >= 0.6 is 0 Å². The van der Waals surface area contributed by atoms with E-state index < -0.39 is 45.6 Å². The summed E-state index contributed by atoms with van der Waals surface area (Å²) in [6.07, 6.45) is 2.28. The summed E-state index contributed by atoms with van der Waals surface area (Å²) in [5, 5.41) is 15.6. The number of nitrogens with zero attached hydrogens (tertiary/aromatic N) is 3. The van der Waals surface area contributed by atoms with Gasteiger partial charge in [0.05, 0.1) is 52.0 Å². The molecule has 0 saturated heterocycles. The maximum absolute atomic E-state index is 13.9. The van der Waals surface area contributed by atoms with E-state index >= 15 is 0 Å². The molecule has 0 saturated carbocycles. The van der Waals surface area contributed by atoms with Crippen LogP contribution in [0.1, 0.15) is 11.3 Å². The minimum Gasteiger partial charge on any atom is -0.497 e. The van der Waals surface area contributed by atoms with Crippen molar-refractivity contribution in [2.75, 3.05) is 60.3 Å². The summed E-state index contributed by atoms with van der Waals surface area (Å²) in [7, 11) is -1.35. The van der Waals surface area contributed by atoms with E-state index in [0.29, 0.717) is 33.7 Å². The predicted octanol–water partition coefficient (Wildman–Crippen LogP) is -0.530. The zero-order valence-corrected chi connectivity index (χ0v) is 29.8. The Morgan fingerprint density at radius 1 is 0.868 bits per heavy atom. The van der Waals surface area contributed by atoms with Gasteiger partial charge in [-0.15, -0.1) is 0 Å². The van der Waals surface area contributed by atoms with E-state index in [9.17, 15) is 37.6 Å². The first-order valence-corrected chi connectivity index (χ1v) is 17.9. The number of fused-ring (bicyclic) bond motifs is 3. The molecule has 3 aromatic rings. The van der Waals surface area contributed by atoms with Crippen molar-refractivity contribution in [2.24, 2.45) is 0 Å². The molecule has 0 fully saturated rings. The highest BCUT2D eigenvalue weighted by Crippen LogP contribution is 2.37. The van der Waals surface area contributed by atoms with E-state index in [2.05, 4.69) is 10.6 Å². The molecule has 3 heterocycles. The normalized spacial score (nSPS) is 15.8. The number of amides is 5. The number of imide groups is 1. The Bertz CT molecular complexity index is 1980. The predicted molar refractivity (Wildman–Crippen MR) is 185 cm³/mol. The number of sulfonamides is 1. The lowest BCUT2D eigenvalue weighted by Crippen LogP contribution is -2.52. The van der Waals surface area contributed by atoms with Crippen molar-refractivity contribution in [3.63, 3.8) is 0 Å². The molecular weight excluding hydrogens is 716 g/mol. The molecule has 5 rings (SSSR count). The SMILES string of the molecule is COc1ccc(S(=O)(=O)N2Cc3c(c4cc(OC)ccc4n3CC(=O)NCCNC(=O)COCCOCCN3C(=O)C=CC3=O)CC2C(=O)NO)cc1. The second kappa shape index (κ2) is 17.5. The van der Waals surface area contributed by atoms with Crippen LogP contribution in [-0.2, 0) is 63.0 Å². The van der Waals surface area contributed by atoms with Crippen LogP contribution in [0.2, 0.25) is 0 Å². The zero-order chi connectivity index (χ0) is 38.1. The standard InChI is InChI=1S/C34H40N6O12S/c1-49-22-3-6-24(7-4-22)53(47,48)40-19-29-26(18-28(40)34(45)37-46)25-17-23(50-2)5-8-27(25)39(29)20-30(41)35-11-12-36-31(42)21-52-16-15-51-14-13-38-32(43)9-10-33(38)44/h3-10,17,28,46H,11-16,18-21H2,1-2H3,(H,35,41)(H,36,42)(H,37,45). The molecular formula is C34H40N6O12S. The van der Waals surface area contributed by atoms with Crippen molar-refractivity contribution >= 4 is 50.5 Å². The first-order chi connectivity index (χ1) is 25.5. The number of hydroxylamine groups is 1. The summed E-state index contributed by atoms with van der Waals surface area (Å²) in [5.41, 5.74) is 3.29. The number of aromatic nitrogens is 1. The fourth-order valence-electron chi connectivity index (χ4n) is 6.01.